The van der Waals surface area contributed by atoms with Gasteiger partial charge < -0.3 is 15.4 Å². The Bertz CT molecular complexity index is 226. The van der Waals surface area contributed by atoms with E-state index in [0.717, 1.165) is 64.8 Å². The molecule has 0 atom stereocenters. The minimum Gasteiger partial charge on any atom is -0.384 e. The van der Waals surface area contributed by atoms with Crippen LogP contribution in [-0.2, 0) is 9.53 Å². The van der Waals surface area contributed by atoms with Crippen molar-refractivity contribution in [2.45, 2.75) is 44.9 Å². The predicted octanol–water partition coefficient (Wildman–Crippen LogP) is 1.78. The van der Waals surface area contributed by atoms with Crippen molar-refractivity contribution in [1.29, 1.82) is 0 Å². The molecule has 18 heavy (non-hydrogen) atoms. The van der Waals surface area contributed by atoms with Crippen molar-refractivity contribution in [1.82, 2.24) is 4.90 Å². The summed E-state index contributed by atoms with van der Waals surface area (Å²) in [6, 6.07) is 0. The third-order valence-corrected chi connectivity index (χ3v) is 3.71. The number of carbonyl (C=O) groups is 1. The average molecular weight is 256 g/mol. The lowest BCUT2D eigenvalue weighted by Gasteiger charge is -2.31. The number of rotatable bonds is 8. The Hall–Kier alpha value is -0.610. The molecule has 4 nitrogen and oxygen atoms in total. The van der Waals surface area contributed by atoms with Crippen LogP contribution in [0.15, 0.2) is 0 Å². The molecule has 0 aromatic heterocycles. The van der Waals surface area contributed by atoms with E-state index in [1.807, 2.05) is 4.90 Å². The molecule has 0 aliphatic carbocycles. The smallest absolute Gasteiger partial charge is 0.222 e. The molecule has 1 rings (SSSR count). The van der Waals surface area contributed by atoms with Crippen LogP contribution in [0.25, 0.3) is 0 Å². The standard InChI is InChI=1S/C14H28N2O2/c1-18-12-13-7-10-16(11-8-13)14(17)6-4-2-3-5-9-15/h13H,2-12,15H2,1H3. The van der Waals surface area contributed by atoms with Gasteiger partial charge in [-0.15, -0.1) is 0 Å². The van der Waals surface area contributed by atoms with E-state index in [1.165, 1.54) is 0 Å². The lowest BCUT2D eigenvalue weighted by atomic mass is 9.97. The van der Waals surface area contributed by atoms with Crippen LogP contribution in [0.5, 0.6) is 0 Å². The number of nitrogens with two attached hydrogens (primary N) is 1. The summed E-state index contributed by atoms with van der Waals surface area (Å²) in [5.41, 5.74) is 5.44. The van der Waals surface area contributed by atoms with E-state index < -0.39 is 0 Å². The van der Waals surface area contributed by atoms with Gasteiger partial charge in [-0.05, 0) is 38.1 Å². The van der Waals surface area contributed by atoms with Gasteiger partial charge in [0.2, 0.25) is 5.91 Å². The van der Waals surface area contributed by atoms with E-state index in [4.69, 9.17) is 10.5 Å². The molecule has 106 valence electrons. The second kappa shape index (κ2) is 9.34. The Morgan fingerprint density at radius 1 is 1.22 bits per heavy atom. The van der Waals surface area contributed by atoms with Crippen molar-refractivity contribution in [3.8, 4) is 0 Å². The molecule has 0 spiro atoms. The van der Waals surface area contributed by atoms with Crippen LogP contribution < -0.4 is 5.73 Å². The van der Waals surface area contributed by atoms with Gasteiger partial charge in [-0.3, -0.25) is 4.79 Å². The lowest BCUT2D eigenvalue weighted by molar-refractivity contribution is -0.132. The molecule has 0 saturated carbocycles. The average Bonchev–Trinajstić information content (AvgIpc) is 2.39. The second-order valence-corrected chi connectivity index (χ2v) is 5.23. The highest BCUT2D eigenvalue weighted by Crippen LogP contribution is 2.18. The highest BCUT2D eigenvalue weighted by Gasteiger charge is 2.21. The monoisotopic (exact) mass is 256 g/mol. The van der Waals surface area contributed by atoms with E-state index >= 15 is 0 Å². The molecule has 0 radical (unpaired) electrons. The fourth-order valence-corrected chi connectivity index (χ4v) is 2.52. The summed E-state index contributed by atoms with van der Waals surface area (Å²) in [6.07, 6.45) is 7.26. The number of carbonyl (C=O) groups excluding carboxylic acids is 1. The molecule has 1 aliphatic heterocycles. The third kappa shape index (κ3) is 5.83. The van der Waals surface area contributed by atoms with Crippen LogP contribution in [0, 0.1) is 5.92 Å². The normalized spacial score (nSPS) is 17.1. The van der Waals surface area contributed by atoms with Crippen LogP contribution in [0.4, 0.5) is 0 Å². The maximum absolute atomic E-state index is 12.0. The largest absolute Gasteiger partial charge is 0.384 e. The Morgan fingerprint density at radius 3 is 2.50 bits per heavy atom. The molecule has 0 aromatic rings. The number of likely N-dealkylation sites (tertiary alicyclic amines) is 1. The Balaban J connectivity index is 2.08. The molecule has 0 bridgehead atoms. The Morgan fingerprint density at radius 2 is 1.89 bits per heavy atom. The quantitative estimate of drug-likeness (QED) is 0.674. The summed E-state index contributed by atoms with van der Waals surface area (Å²) in [4.78, 5) is 14.0. The number of methoxy groups -OCH3 is 1. The molecule has 1 saturated heterocycles. The number of nitrogens with zero attached hydrogens (tertiary/aromatic N) is 1. The summed E-state index contributed by atoms with van der Waals surface area (Å²) in [5, 5.41) is 0. The zero-order chi connectivity index (χ0) is 13.2. The minimum atomic E-state index is 0.332. The predicted molar refractivity (Wildman–Crippen MR) is 73.3 cm³/mol. The molecular weight excluding hydrogens is 228 g/mol. The van der Waals surface area contributed by atoms with Gasteiger partial charge in [-0.2, -0.15) is 0 Å². The van der Waals surface area contributed by atoms with E-state index in [0.29, 0.717) is 18.2 Å². The highest BCUT2D eigenvalue weighted by molar-refractivity contribution is 5.76. The van der Waals surface area contributed by atoms with Gasteiger partial charge >= 0.3 is 0 Å². The first-order chi connectivity index (χ1) is 8.77. The summed E-state index contributed by atoms with van der Waals surface area (Å²) in [7, 11) is 1.75. The summed E-state index contributed by atoms with van der Waals surface area (Å²) in [5.74, 6) is 0.974. The fraction of sp³-hybridized carbons (Fsp3) is 0.929. The first-order valence-corrected chi connectivity index (χ1v) is 7.24. The van der Waals surface area contributed by atoms with Crippen molar-refractivity contribution in [3.63, 3.8) is 0 Å². The molecule has 1 fully saturated rings. The van der Waals surface area contributed by atoms with Gasteiger partial charge in [0.05, 0.1) is 0 Å². The Labute approximate surface area is 111 Å². The highest BCUT2D eigenvalue weighted by atomic mass is 16.5. The van der Waals surface area contributed by atoms with Gasteiger partial charge in [0.15, 0.2) is 0 Å². The first kappa shape index (κ1) is 15.4. The summed E-state index contributed by atoms with van der Waals surface area (Å²) in [6.45, 7) is 3.42. The Kier molecular flexibility index (Phi) is 8.01. The molecule has 0 unspecified atom stereocenters. The number of piperidine rings is 1. The molecule has 0 aromatic carbocycles. The topological polar surface area (TPSA) is 55.6 Å². The summed E-state index contributed by atoms with van der Waals surface area (Å²) < 4.78 is 5.17. The summed E-state index contributed by atoms with van der Waals surface area (Å²) >= 11 is 0. The number of unbranched alkanes of at least 4 members (excludes halogenated alkanes) is 3. The van der Waals surface area contributed by atoms with Crippen molar-refractivity contribution in [2.24, 2.45) is 11.7 Å². The van der Waals surface area contributed by atoms with E-state index in [-0.39, 0.29) is 0 Å². The third-order valence-electron chi connectivity index (χ3n) is 3.71. The zero-order valence-electron chi connectivity index (χ0n) is 11.7. The van der Waals surface area contributed by atoms with Crippen LogP contribution in [0.3, 0.4) is 0 Å². The van der Waals surface area contributed by atoms with Gasteiger partial charge in [-0.25, -0.2) is 0 Å². The number of hydrogen-bond acceptors (Lipinski definition) is 3. The van der Waals surface area contributed by atoms with E-state index in [9.17, 15) is 4.79 Å². The van der Waals surface area contributed by atoms with Crippen LogP contribution in [-0.4, -0.2) is 44.2 Å². The van der Waals surface area contributed by atoms with Crippen LogP contribution in [0.2, 0.25) is 0 Å². The molecule has 4 heteroatoms. The molecule has 2 N–H and O–H groups in total. The second-order valence-electron chi connectivity index (χ2n) is 5.23. The minimum absolute atomic E-state index is 0.332. The zero-order valence-corrected chi connectivity index (χ0v) is 11.7. The van der Waals surface area contributed by atoms with Crippen molar-refractivity contribution < 1.29 is 9.53 Å². The van der Waals surface area contributed by atoms with E-state index in [2.05, 4.69) is 0 Å². The van der Waals surface area contributed by atoms with Gasteiger partial charge in [0.25, 0.3) is 0 Å². The lowest BCUT2D eigenvalue weighted by Crippen LogP contribution is -2.39. The SMILES string of the molecule is COCC1CCN(C(=O)CCCCCCN)CC1. The molecular formula is C14H28N2O2. The molecule has 1 heterocycles. The van der Waals surface area contributed by atoms with Gasteiger partial charge in [0.1, 0.15) is 0 Å². The number of ether oxygens (including phenoxy) is 1. The van der Waals surface area contributed by atoms with Crippen LogP contribution in [0.1, 0.15) is 44.9 Å². The maximum Gasteiger partial charge on any atom is 0.222 e. The van der Waals surface area contributed by atoms with Crippen molar-refractivity contribution in [2.75, 3.05) is 33.4 Å². The number of hydrogen-bond donors (Lipinski definition) is 1. The van der Waals surface area contributed by atoms with E-state index in [1.54, 1.807) is 7.11 Å². The molecule has 1 aliphatic rings. The van der Waals surface area contributed by atoms with Gasteiger partial charge in [0, 0.05) is 33.2 Å². The first-order valence-electron chi connectivity index (χ1n) is 7.24. The van der Waals surface area contributed by atoms with Crippen molar-refractivity contribution >= 4 is 5.91 Å². The number of amides is 1. The van der Waals surface area contributed by atoms with Gasteiger partial charge in [-0.1, -0.05) is 12.8 Å². The van der Waals surface area contributed by atoms with Crippen molar-refractivity contribution in [3.05, 3.63) is 0 Å². The van der Waals surface area contributed by atoms with Crippen LogP contribution >= 0.6 is 0 Å². The maximum atomic E-state index is 12.0. The molecule has 1 amide bonds. The fourth-order valence-electron chi connectivity index (χ4n) is 2.52.